The topological polar surface area (TPSA) is 73.2 Å². The highest BCUT2D eigenvalue weighted by molar-refractivity contribution is 6.42. The summed E-state index contributed by atoms with van der Waals surface area (Å²) >= 11 is 12.0. The van der Waals surface area contributed by atoms with E-state index in [4.69, 9.17) is 27.9 Å². The van der Waals surface area contributed by atoms with E-state index < -0.39 is 17.8 Å². The van der Waals surface area contributed by atoms with E-state index in [9.17, 15) is 15.3 Å². The van der Waals surface area contributed by atoms with Gasteiger partial charge in [0.2, 0.25) is 0 Å². The van der Waals surface area contributed by atoms with E-state index in [-0.39, 0.29) is 5.75 Å². The molecule has 1 fully saturated rings. The Morgan fingerprint density at radius 1 is 1.11 bits per heavy atom. The summed E-state index contributed by atoms with van der Waals surface area (Å²) in [6.45, 7) is 2.03. The number of rotatable bonds is 3. The molecule has 4 rings (SSSR count). The maximum atomic E-state index is 10.5. The summed E-state index contributed by atoms with van der Waals surface area (Å²) in [6, 6.07) is 10.0. The van der Waals surface area contributed by atoms with E-state index in [0.29, 0.717) is 34.3 Å². The second kappa shape index (κ2) is 7.73. The van der Waals surface area contributed by atoms with Crippen molar-refractivity contribution < 1.29 is 20.1 Å². The number of likely N-dealkylation sites (tertiary alicyclic amines) is 1. The van der Waals surface area contributed by atoms with E-state index in [1.165, 1.54) is 0 Å². The predicted octanol–water partition coefficient (Wildman–Crippen LogP) is 4.08. The average molecular weight is 424 g/mol. The Bertz CT molecular complexity index is 867. The van der Waals surface area contributed by atoms with Crippen molar-refractivity contribution in [2.24, 2.45) is 0 Å². The van der Waals surface area contributed by atoms with Gasteiger partial charge in [-0.15, -0.1) is 0 Å². The van der Waals surface area contributed by atoms with Gasteiger partial charge in [0.05, 0.1) is 22.3 Å². The summed E-state index contributed by atoms with van der Waals surface area (Å²) in [5, 5.41) is 31.6. The number of phenols is 1. The number of hydrogen-bond acceptors (Lipinski definition) is 5. The third-order valence-electron chi connectivity index (χ3n) is 5.77. The number of ether oxygens (including phenoxy) is 1. The number of hydrogen-bond donors (Lipinski definition) is 3. The minimum absolute atomic E-state index is 0.128. The van der Waals surface area contributed by atoms with E-state index in [1.807, 2.05) is 0 Å². The molecule has 0 aromatic heterocycles. The number of halogens is 2. The smallest absolute Gasteiger partial charge is 0.126 e. The third kappa shape index (κ3) is 3.95. The molecule has 0 saturated carbocycles. The van der Waals surface area contributed by atoms with Gasteiger partial charge in [-0.3, -0.25) is 0 Å². The van der Waals surface area contributed by atoms with Gasteiger partial charge < -0.3 is 25.0 Å². The van der Waals surface area contributed by atoms with Crippen molar-refractivity contribution in [2.75, 3.05) is 19.6 Å². The lowest BCUT2D eigenvalue weighted by Crippen LogP contribution is -2.51. The van der Waals surface area contributed by atoms with Crippen LogP contribution in [0.1, 0.15) is 42.6 Å². The van der Waals surface area contributed by atoms with Crippen LogP contribution in [0.3, 0.4) is 0 Å². The Hall–Kier alpha value is -1.50. The molecule has 2 aromatic rings. The van der Waals surface area contributed by atoms with Gasteiger partial charge in [0.1, 0.15) is 17.1 Å². The Balaban J connectivity index is 1.39. The van der Waals surface area contributed by atoms with Gasteiger partial charge in [0.15, 0.2) is 0 Å². The van der Waals surface area contributed by atoms with Crippen molar-refractivity contribution in [1.82, 2.24) is 4.90 Å². The van der Waals surface area contributed by atoms with Crippen LogP contribution in [0.2, 0.25) is 10.0 Å². The molecule has 0 bridgehead atoms. The van der Waals surface area contributed by atoms with Gasteiger partial charge in [-0.1, -0.05) is 29.3 Å². The first-order valence-corrected chi connectivity index (χ1v) is 10.2. The maximum absolute atomic E-state index is 10.5. The Morgan fingerprint density at radius 3 is 2.57 bits per heavy atom. The molecule has 0 aliphatic carbocycles. The van der Waals surface area contributed by atoms with Gasteiger partial charge in [0, 0.05) is 31.6 Å². The summed E-state index contributed by atoms with van der Waals surface area (Å²) in [6.07, 6.45) is 0.735. The summed E-state index contributed by atoms with van der Waals surface area (Å²) in [5.74, 6) is 0.768. The predicted molar refractivity (Wildman–Crippen MR) is 108 cm³/mol. The van der Waals surface area contributed by atoms with Crippen LogP contribution in [-0.2, 0) is 0 Å². The molecule has 1 spiro atoms. The van der Waals surface area contributed by atoms with Crippen LogP contribution in [0, 0.1) is 0 Å². The van der Waals surface area contributed by atoms with Crippen LogP contribution in [-0.4, -0.2) is 45.5 Å². The fraction of sp³-hybridized carbons (Fsp3) is 0.429. The fourth-order valence-electron chi connectivity index (χ4n) is 4.15. The van der Waals surface area contributed by atoms with Crippen molar-refractivity contribution in [1.29, 1.82) is 0 Å². The lowest BCUT2D eigenvalue weighted by molar-refractivity contribution is -0.0588. The van der Waals surface area contributed by atoms with E-state index in [1.54, 1.807) is 36.4 Å². The van der Waals surface area contributed by atoms with Crippen molar-refractivity contribution in [3.63, 3.8) is 0 Å². The fourth-order valence-corrected chi connectivity index (χ4v) is 4.45. The monoisotopic (exact) mass is 423 g/mol. The van der Waals surface area contributed by atoms with Crippen LogP contribution < -0.4 is 4.74 Å². The van der Waals surface area contributed by atoms with Crippen molar-refractivity contribution in [3.8, 4) is 11.5 Å². The van der Waals surface area contributed by atoms with E-state index >= 15 is 0 Å². The Kier molecular flexibility index (Phi) is 5.47. The molecule has 28 heavy (non-hydrogen) atoms. The number of benzene rings is 2. The molecule has 3 N–H and O–H groups in total. The number of aliphatic hydroxyl groups is 2. The summed E-state index contributed by atoms with van der Waals surface area (Å²) < 4.78 is 6.26. The molecular weight excluding hydrogens is 401 g/mol. The van der Waals surface area contributed by atoms with Gasteiger partial charge in [-0.2, -0.15) is 0 Å². The van der Waals surface area contributed by atoms with Crippen LogP contribution in [0.5, 0.6) is 11.5 Å². The van der Waals surface area contributed by atoms with Crippen LogP contribution in [0.25, 0.3) is 0 Å². The second-order valence-electron chi connectivity index (χ2n) is 7.72. The number of phenolic OH excluding ortho intramolecular Hbond substituents is 1. The van der Waals surface area contributed by atoms with Crippen LogP contribution in [0.15, 0.2) is 36.4 Å². The molecule has 2 aliphatic heterocycles. The van der Waals surface area contributed by atoms with Gasteiger partial charge >= 0.3 is 0 Å². The van der Waals surface area contributed by atoms with Crippen molar-refractivity contribution in [2.45, 2.75) is 37.1 Å². The molecule has 0 amide bonds. The number of piperidine rings is 1. The number of aliphatic hydroxyl groups excluding tert-OH is 2. The molecule has 0 radical (unpaired) electrons. The molecule has 150 valence electrons. The molecule has 2 heterocycles. The zero-order chi connectivity index (χ0) is 19.9. The molecule has 2 atom stereocenters. The summed E-state index contributed by atoms with van der Waals surface area (Å²) in [5.41, 5.74) is 0.977. The molecule has 2 aliphatic rings. The first-order chi connectivity index (χ1) is 13.3. The molecule has 0 unspecified atom stereocenters. The highest BCUT2D eigenvalue weighted by Crippen LogP contribution is 2.45. The average Bonchev–Trinajstić information content (AvgIpc) is 2.67. The maximum Gasteiger partial charge on any atom is 0.126 e. The highest BCUT2D eigenvalue weighted by atomic mass is 35.5. The van der Waals surface area contributed by atoms with Gasteiger partial charge in [-0.25, -0.2) is 0 Å². The Morgan fingerprint density at radius 2 is 1.86 bits per heavy atom. The molecule has 5 nitrogen and oxygen atoms in total. The number of fused-ring (bicyclic) bond motifs is 1. The second-order valence-corrected chi connectivity index (χ2v) is 8.53. The van der Waals surface area contributed by atoms with Crippen LogP contribution >= 0.6 is 23.2 Å². The van der Waals surface area contributed by atoms with E-state index in [2.05, 4.69) is 4.90 Å². The van der Waals surface area contributed by atoms with Crippen molar-refractivity contribution >= 4 is 23.2 Å². The zero-order valence-electron chi connectivity index (χ0n) is 15.3. The van der Waals surface area contributed by atoms with Gasteiger partial charge in [0.25, 0.3) is 0 Å². The number of aromatic hydroxyl groups is 1. The molecular formula is C21H23Cl2NO4. The third-order valence-corrected chi connectivity index (χ3v) is 6.51. The van der Waals surface area contributed by atoms with E-state index in [0.717, 1.165) is 31.5 Å². The first kappa shape index (κ1) is 19.8. The molecule has 1 saturated heterocycles. The molecule has 2 aromatic carbocycles. The van der Waals surface area contributed by atoms with Gasteiger partial charge in [-0.05, 0) is 48.7 Å². The highest BCUT2D eigenvalue weighted by Gasteiger charge is 2.43. The Labute approximate surface area is 174 Å². The lowest BCUT2D eigenvalue weighted by atomic mass is 9.81. The SMILES string of the molecule is Oc1ccc2c(c1)[C@H](O)CC1(CCN(C[C@H](O)c3ccc(Cl)c(Cl)c3)CC1)O2. The van der Waals surface area contributed by atoms with Crippen LogP contribution in [0.4, 0.5) is 0 Å². The number of β-amino-alcohol motifs (C(OH)–C–C–N with tert-alkyl or cyclic N) is 1. The standard InChI is InChI=1S/C21H23Cl2NO4/c22-16-3-1-13(9-17(16)23)19(27)12-24-7-5-21(6-8-24)11-18(26)15-10-14(25)2-4-20(15)28-21/h1-4,9-10,18-19,25-27H,5-8,11-12H2/t18-,19+/m1/s1. The zero-order valence-corrected chi connectivity index (χ0v) is 16.8. The lowest BCUT2D eigenvalue weighted by Gasteiger charge is -2.46. The minimum atomic E-state index is -0.649. The largest absolute Gasteiger partial charge is 0.508 e. The minimum Gasteiger partial charge on any atom is -0.508 e. The summed E-state index contributed by atoms with van der Waals surface area (Å²) in [7, 11) is 0. The number of nitrogens with zero attached hydrogens (tertiary/aromatic N) is 1. The summed E-state index contributed by atoms with van der Waals surface area (Å²) in [4.78, 5) is 2.19. The normalized spacial score (nSPS) is 22.5. The quantitative estimate of drug-likeness (QED) is 0.693. The molecule has 7 heteroatoms. The first-order valence-electron chi connectivity index (χ1n) is 9.41. The van der Waals surface area contributed by atoms with Crippen molar-refractivity contribution in [3.05, 3.63) is 57.6 Å².